The Labute approximate surface area is 219 Å². The van der Waals surface area contributed by atoms with Gasteiger partial charge in [0.2, 0.25) is 21.8 Å². The third-order valence-electron chi connectivity index (χ3n) is 6.56. The molecule has 0 bridgehead atoms. The van der Waals surface area contributed by atoms with Crippen molar-refractivity contribution in [2.75, 3.05) is 17.1 Å². The molecular formula is C27H36ClN3O4S. The van der Waals surface area contributed by atoms with Gasteiger partial charge in [-0.25, -0.2) is 8.42 Å². The molecule has 0 aromatic heterocycles. The van der Waals surface area contributed by atoms with Crippen molar-refractivity contribution >= 4 is 39.1 Å². The highest BCUT2D eigenvalue weighted by Gasteiger charge is 2.31. The normalized spacial score (nSPS) is 15.2. The van der Waals surface area contributed by atoms with Gasteiger partial charge >= 0.3 is 0 Å². The fraction of sp³-hybridized carbons (Fsp3) is 0.481. The molecular weight excluding hydrogens is 498 g/mol. The molecule has 0 heterocycles. The zero-order chi connectivity index (χ0) is 26.5. The number of hydrogen-bond acceptors (Lipinski definition) is 4. The summed E-state index contributed by atoms with van der Waals surface area (Å²) in [6.07, 6.45) is 6.26. The molecule has 7 nitrogen and oxygen atoms in total. The van der Waals surface area contributed by atoms with Gasteiger partial charge in [0.15, 0.2) is 0 Å². The van der Waals surface area contributed by atoms with Crippen molar-refractivity contribution in [2.45, 2.75) is 71.5 Å². The summed E-state index contributed by atoms with van der Waals surface area (Å²) in [7, 11) is -3.76. The average molecular weight is 534 g/mol. The number of hydrogen-bond donors (Lipinski definition) is 1. The first-order chi connectivity index (χ1) is 16.9. The van der Waals surface area contributed by atoms with Gasteiger partial charge in [-0.1, -0.05) is 49.1 Å². The van der Waals surface area contributed by atoms with Gasteiger partial charge in [-0.2, -0.15) is 0 Å². The van der Waals surface area contributed by atoms with Crippen molar-refractivity contribution in [3.63, 3.8) is 0 Å². The fourth-order valence-corrected chi connectivity index (χ4v) is 5.61. The van der Waals surface area contributed by atoms with Crippen molar-refractivity contribution in [1.29, 1.82) is 0 Å². The van der Waals surface area contributed by atoms with Crippen LogP contribution in [0.25, 0.3) is 0 Å². The van der Waals surface area contributed by atoms with Gasteiger partial charge in [0.05, 0.1) is 11.9 Å². The van der Waals surface area contributed by atoms with Gasteiger partial charge in [-0.3, -0.25) is 13.9 Å². The molecule has 0 aliphatic heterocycles. The summed E-state index contributed by atoms with van der Waals surface area (Å²) in [6.45, 7) is 5.19. The van der Waals surface area contributed by atoms with Gasteiger partial charge in [0.25, 0.3) is 0 Å². The van der Waals surface area contributed by atoms with Crippen LogP contribution >= 0.6 is 11.6 Å². The Morgan fingerprint density at radius 2 is 1.61 bits per heavy atom. The second kappa shape index (κ2) is 12.1. The van der Waals surface area contributed by atoms with Crippen LogP contribution in [0.3, 0.4) is 0 Å². The Balaban J connectivity index is 1.88. The summed E-state index contributed by atoms with van der Waals surface area (Å²) in [5.74, 6) is -0.692. The first-order valence-electron chi connectivity index (χ1n) is 12.3. The molecule has 9 heteroatoms. The number of sulfonamides is 1. The lowest BCUT2D eigenvalue weighted by molar-refractivity contribution is -0.139. The van der Waals surface area contributed by atoms with Crippen LogP contribution in [0.4, 0.5) is 5.69 Å². The zero-order valence-corrected chi connectivity index (χ0v) is 23.0. The van der Waals surface area contributed by atoms with E-state index >= 15 is 0 Å². The average Bonchev–Trinajstić information content (AvgIpc) is 2.80. The molecule has 0 saturated heterocycles. The minimum absolute atomic E-state index is 0.101. The van der Waals surface area contributed by atoms with Crippen molar-refractivity contribution in [2.24, 2.45) is 0 Å². The van der Waals surface area contributed by atoms with E-state index in [0.717, 1.165) is 52.9 Å². The Morgan fingerprint density at radius 3 is 2.17 bits per heavy atom. The van der Waals surface area contributed by atoms with Gasteiger partial charge in [0, 0.05) is 17.6 Å². The molecule has 36 heavy (non-hydrogen) atoms. The number of nitrogens with zero attached hydrogens (tertiary/aromatic N) is 2. The van der Waals surface area contributed by atoms with Crippen molar-refractivity contribution < 1.29 is 18.0 Å². The quantitative estimate of drug-likeness (QED) is 0.511. The van der Waals surface area contributed by atoms with Crippen LogP contribution in [0, 0.1) is 13.8 Å². The van der Waals surface area contributed by atoms with Crippen LogP contribution in [0.5, 0.6) is 0 Å². The predicted octanol–water partition coefficient (Wildman–Crippen LogP) is 4.59. The highest BCUT2D eigenvalue weighted by molar-refractivity contribution is 7.92. The van der Waals surface area contributed by atoms with Gasteiger partial charge in [0.1, 0.15) is 12.6 Å². The molecule has 1 N–H and O–H groups in total. The van der Waals surface area contributed by atoms with E-state index in [-0.39, 0.29) is 18.5 Å². The molecule has 1 aliphatic carbocycles. The molecule has 1 fully saturated rings. The molecule has 2 aromatic carbocycles. The maximum Gasteiger partial charge on any atom is 0.244 e. The van der Waals surface area contributed by atoms with Crippen LogP contribution in [-0.2, 0) is 26.2 Å². The van der Waals surface area contributed by atoms with Crippen LogP contribution in [0.1, 0.15) is 55.7 Å². The van der Waals surface area contributed by atoms with Crippen LogP contribution in [0.2, 0.25) is 5.02 Å². The van der Waals surface area contributed by atoms with Crippen LogP contribution < -0.4 is 9.62 Å². The Kier molecular flexibility index (Phi) is 9.41. The zero-order valence-electron chi connectivity index (χ0n) is 21.5. The lowest BCUT2D eigenvalue weighted by Gasteiger charge is -2.33. The van der Waals surface area contributed by atoms with Gasteiger partial charge in [-0.15, -0.1) is 0 Å². The SMILES string of the molecule is Cc1cc(C)cc(N(CC(=O)N(Cc2ccc(Cl)cc2)C(C)C(=O)NC2CCCCC2)S(C)(=O)=O)c1. The Morgan fingerprint density at radius 1 is 1.03 bits per heavy atom. The Hall–Kier alpha value is -2.58. The molecule has 2 aromatic rings. The number of carbonyl (C=O) groups is 2. The molecule has 1 saturated carbocycles. The third-order valence-corrected chi connectivity index (χ3v) is 7.95. The van der Waals surface area contributed by atoms with E-state index < -0.39 is 28.5 Å². The summed E-state index contributed by atoms with van der Waals surface area (Å²) in [5, 5.41) is 3.66. The molecule has 2 amide bonds. The molecule has 1 atom stereocenters. The number of halogens is 1. The lowest BCUT2D eigenvalue weighted by Crippen LogP contribution is -2.53. The molecule has 1 unspecified atom stereocenters. The summed E-state index contributed by atoms with van der Waals surface area (Å²) >= 11 is 6.03. The highest BCUT2D eigenvalue weighted by Crippen LogP contribution is 2.23. The van der Waals surface area contributed by atoms with E-state index in [2.05, 4.69) is 5.32 Å². The maximum absolute atomic E-state index is 13.7. The van der Waals surface area contributed by atoms with Crippen molar-refractivity contribution in [3.8, 4) is 0 Å². The minimum Gasteiger partial charge on any atom is -0.352 e. The molecule has 3 rings (SSSR count). The van der Waals surface area contributed by atoms with Crippen molar-refractivity contribution in [3.05, 3.63) is 64.2 Å². The molecule has 1 aliphatic rings. The number of anilines is 1. The van der Waals surface area contributed by atoms with E-state index in [1.165, 1.54) is 11.3 Å². The number of carbonyl (C=O) groups excluding carboxylic acids is 2. The molecule has 0 radical (unpaired) electrons. The third kappa shape index (κ3) is 7.71. The van der Waals surface area contributed by atoms with E-state index in [4.69, 9.17) is 11.6 Å². The monoisotopic (exact) mass is 533 g/mol. The summed E-state index contributed by atoms with van der Waals surface area (Å²) in [5.41, 5.74) is 3.00. The number of amides is 2. The second-order valence-electron chi connectivity index (χ2n) is 9.78. The largest absolute Gasteiger partial charge is 0.352 e. The number of rotatable bonds is 9. The molecule has 0 spiro atoms. The topological polar surface area (TPSA) is 86.8 Å². The number of nitrogens with one attached hydrogen (secondary N) is 1. The van der Waals surface area contributed by atoms with Crippen molar-refractivity contribution in [1.82, 2.24) is 10.2 Å². The van der Waals surface area contributed by atoms with Gasteiger partial charge in [-0.05, 0) is 74.6 Å². The van der Waals surface area contributed by atoms with E-state index in [9.17, 15) is 18.0 Å². The summed E-state index contributed by atoms with van der Waals surface area (Å²) in [4.78, 5) is 28.3. The first kappa shape index (κ1) is 28.0. The van der Waals surface area contributed by atoms with Crippen LogP contribution in [-0.4, -0.2) is 50.0 Å². The minimum atomic E-state index is -3.76. The van der Waals surface area contributed by atoms with E-state index in [1.807, 2.05) is 19.9 Å². The Bertz CT molecular complexity index is 1160. The van der Waals surface area contributed by atoms with E-state index in [1.54, 1.807) is 43.3 Å². The number of aryl methyl sites for hydroxylation is 2. The van der Waals surface area contributed by atoms with E-state index in [0.29, 0.717) is 10.7 Å². The number of benzene rings is 2. The summed E-state index contributed by atoms with van der Waals surface area (Å²) < 4.78 is 26.6. The van der Waals surface area contributed by atoms with Gasteiger partial charge < -0.3 is 10.2 Å². The highest BCUT2D eigenvalue weighted by atomic mass is 35.5. The predicted molar refractivity (Wildman–Crippen MR) is 145 cm³/mol. The van der Waals surface area contributed by atoms with Crippen LogP contribution in [0.15, 0.2) is 42.5 Å². The molecule has 196 valence electrons. The lowest BCUT2D eigenvalue weighted by atomic mass is 9.95. The first-order valence-corrected chi connectivity index (χ1v) is 14.6. The standard InChI is InChI=1S/C27H36ClN3O4S/c1-19-14-20(2)16-25(15-19)31(36(4,34)35)18-26(32)30(17-22-10-12-23(28)13-11-22)21(3)27(33)29-24-8-6-5-7-9-24/h10-16,21,24H,5-9,17-18H2,1-4H3,(H,29,33). The fourth-order valence-electron chi connectivity index (χ4n) is 4.65. The second-order valence-corrected chi connectivity index (χ2v) is 12.1. The summed E-state index contributed by atoms with van der Waals surface area (Å²) in [6, 6.07) is 11.8. The smallest absolute Gasteiger partial charge is 0.244 e. The maximum atomic E-state index is 13.7.